The summed E-state index contributed by atoms with van der Waals surface area (Å²) >= 11 is 6.18. The molecule has 1 aromatic carbocycles. The Hall–Kier alpha value is -3.72. The molecule has 8 nitrogen and oxygen atoms in total. The van der Waals surface area contributed by atoms with E-state index in [0.29, 0.717) is 36.0 Å². The SMILES string of the molecule is C[C@@H]1CN(c2ncnc3c2c(-c2cccnc2)cn3-c2cc(F)cc(Cl)c2)CCN1C(=O)OC(C)(C)C. The number of nitrogens with zero attached hydrogens (tertiary/aromatic N) is 6. The normalized spacial score (nSPS) is 16.3. The van der Waals surface area contributed by atoms with E-state index in [0.717, 1.165) is 22.3 Å². The van der Waals surface area contributed by atoms with E-state index in [9.17, 15) is 9.18 Å². The van der Waals surface area contributed by atoms with Gasteiger partial charge in [-0.05, 0) is 52.0 Å². The van der Waals surface area contributed by atoms with E-state index in [1.54, 1.807) is 23.4 Å². The zero-order chi connectivity index (χ0) is 26.3. The Balaban J connectivity index is 1.58. The average Bonchev–Trinajstić information content (AvgIpc) is 3.23. The number of halogens is 2. The van der Waals surface area contributed by atoms with Crippen molar-refractivity contribution in [2.75, 3.05) is 24.5 Å². The number of anilines is 1. The number of amides is 1. The minimum Gasteiger partial charge on any atom is -0.444 e. The fraction of sp³-hybridized carbons (Fsp3) is 0.333. The smallest absolute Gasteiger partial charge is 0.410 e. The van der Waals surface area contributed by atoms with Crippen LogP contribution in [0.1, 0.15) is 27.7 Å². The van der Waals surface area contributed by atoms with Gasteiger partial charge < -0.3 is 19.1 Å². The third kappa shape index (κ3) is 5.09. The van der Waals surface area contributed by atoms with Crippen LogP contribution < -0.4 is 4.90 Å². The van der Waals surface area contributed by atoms with Gasteiger partial charge in [0.15, 0.2) is 5.65 Å². The molecule has 4 aromatic rings. The number of pyridine rings is 1. The zero-order valence-corrected chi connectivity index (χ0v) is 21.9. The Bertz CT molecular complexity index is 1430. The van der Waals surface area contributed by atoms with Gasteiger partial charge in [-0.1, -0.05) is 17.7 Å². The Morgan fingerprint density at radius 1 is 1.19 bits per heavy atom. The lowest BCUT2D eigenvalue weighted by Crippen LogP contribution is -2.55. The number of ether oxygens (including phenoxy) is 1. The highest BCUT2D eigenvalue weighted by atomic mass is 35.5. The fourth-order valence-corrected chi connectivity index (χ4v) is 4.86. The van der Waals surface area contributed by atoms with Crippen LogP contribution >= 0.6 is 11.6 Å². The number of hydrogen-bond acceptors (Lipinski definition) is 6. The van der Waals surface area contributed by atoms with E-state index in [4.69, 9.17) is 16.3 Å². The molecule has 5 rings (SSSR count). The van der Waals surface area contributed by atoms with Crippen molar-refractivity contribution in [2.24, 2.45) is 0 Å². The molecule has 10 heteroatoms. The molecule has 1 amide bonds. The summed E-state index contributed by atoms with van der Waals surface area (Å²) in [6.07, 6.45) is 6.58. The first-order chi connectivity index (χ1) is 17.6. The third-order valence-electron chi connectivity index (χ3n) is 6.22. The molecule has 0 unspecified atom stereocenters. The maximum atomic E-state index is 14.3. The fourth-order valence-electron chi connectivity index (χ4n) is 4.64. The van der Waals surface area contributed by atoms with Crippen LogP contribution in [0.5, 0.6) is 0 Å². The first kappa shape index (κ1) is 25.0. The van der Waals surface area contributed by atoms with Gasteiger partial charge >= 0.3 is 6.09 Å². The number of carbonyl (C=O) groups excluding carboxylic acids is 1. The Kier molecular flexibility index (Phi) is 6.49. The lowest BCUT2D eigenvalue weighted by molar-refractivity contribution is 0.0159. The number of aromatic nitrogens is 4. The first-order valence-corrected chi connectivity index (χ1v) is 12.5. The highest BCUT2D eigenvalue weighted by molar-refractivity contribution is 6.30. The van der Waals surface area contributed by atoms with Crippen molar-refractivity contribution in [1.29, 1.82) is 0 Å². The van der Waals surface area contributed by atoms with E-state index in [1.165, 1.54) is 18.5 Å². The summed E-state index contributed by atoms with van der Waals surface area (Å²) in [6, 6.07) is 8.11. The highest BCUT2D eigenvalue weighted by Gasteiger charge is 2.32. The second kappa shape index (κ2) is 9.63. The Morgan fingerprint density at radius 3 is 2.68 bits per heavy atom. The van der Waals surface area contributed by atoms with Gasteiger partial charge in [0.1, 0.15) is 23.6 Å². The van der Waals surface area contributed by atoms with Crippen LogP contribution in [0.25, 0.3) is 27.8 Å². The lowest BCUT2D eigenvalue weighted by atomic mass is 10.1. The molecule has 0 spiro atoms. The molecule has 4 heterocycles. The van der Waals surface area contributed by atoms with E-state index in [2.05, 4.69) is 19.9 Å². The molecule has 0 aliphatic carbocycles. The van der Waals surface area contributed by atoms with Crippen molar-refractivity contribution in [3.8, 4) is 16.8 Å². The summed E-state index contributed by atoms with van der Waals surface area (Å²) in [7, 11) is 0. The van der Waals surface area contributed by atoms with Crippen LogP contribution in [0.3, 0.4) is 0 Å². The van der Waals surface area contributed by atoms with Gasteiger partial charge in [0.25, 0.3) is 0 Å². The predicted molar refractivity (Wildman–Crippen MR) is 142 cm³/mol. The van der Waals surface area contributed by atoms with Crippen LogP contribution in [0.4, 0.5) is 15.0 Å². The van der Waals surface area contributed by atoms with Crippen molar-refractivity contribution in [3.63, 3.8) is 0 Å². The van der Waals surface area contributed by atoms with Crippen LogP contribution in [0.15, 0.2) is 55.2 Å². The molecule has 1 saturated heterocycles. The third-order valence-corrected chi connectivity index (χ3v) is 6.43. The van der Waals surface area contributed by atoms with Crippen molar-refractivity contribution >= 4 is 34.5 Å². The van der Waals surface area contributed by atoms with Gasteiger partial charge in [0, 0.05) is 60.4 Å². The molecular formula is C27H28ClFN6O2. The zero-order valence-electron chi connectivity index (χ0n) is 21.2. The number of rotatable bonds is 3. The first-order valence-electron chi connectivity index (χ1n) is 12.1. The number of piperazine rings is 1. The topological polar surface area (TPSA) is 76.4 Å². The van der Waals surface area contributed by atoms with Gasteiger partial charge in [-0.15, -0.1) is 0 Å². The van der Waals surface area contributed by atoms with Crippen LogP contribution in [-0.4, -0.2) is 61.8 Å². The van der Waals surface area contributed by atoms with E-state index >= 15 is 0 Å². The molecule has 3 aromatic heterocycles. The second-order valence-electron chi connectivity index (χ2n) is 10.1. The molecule has 0 saturated carbocycles. The molecule has 0 bridgehead atoms. The largest absolute Gasteiger partial charge is 0.444 e. The second-order valence-corrected chi connectivity index (χ2v) is 10.6. The van der Waals surface area contributed by atoms with Crippen LogP contribution in [-0.2, 0) is 4.74 Å². The summed E-state index contributed by atoms with van der Waals surface area (Å²) < 4.78 is 21.7. The molecule has 0 radical (unpaired) electrons. The van der Waals surface area contributed by atoms with Gasteiger partial charge in [0.2, 0.25) is 0 Å². The van der Waals surface area contributed by atoms with Crippen molar-refractivity contribution in [3.05, 3.63) is 66.1 Å². The maximum Gasteiger partial charge on any atom is 0.410 e. The van der Waals surface area contributed by atoms with Crippen molar-refractivity contribution < 1.29 is 13.9 Å². The molecule has 1 aliphatic heterocycles. The van der Waals surface area contributed by atoms with E-state index in [-0.39, 0.29) is 12.1 Å². The monoisotopic (exact) mass is 522 g/mol. The highest BCUT2D eigenvalue weighted by Crippen LogP contribution is 2.37. The number of fused-ring (bicyclic) bond motifs is 1. The molecular weight excluding hydrogens is 495 g/mol. The van der Waals surface area contributed by atoms with Crippen LogP contribution in [0.2, 0.25) is 5.02 Å². The number of hydrogen-bond donors (Lipinski definition) is 0. The molecule has 37 heavy (non-hydrogen) atoms. The number of benzene rings is 1. The minimum absolute atomic E-state index is 0.0976. The summed E-state index contributed by atoms with van der Waals surface area (Å²) in [5, 5.41) is 1.11. The quantitative estimate of drug-likeness (QED) is 0.342. The predicted octanol–water partition coefficient (Wildman–Crippen LogP) is 5.72. The van der Waals surface area contributed by atoms with Crippen molar-refractivity contribution in [1.82, 2.24) is 24.4 Å². The van der Waals surface area contributed by atoms with Gasteiger partial charge in [-0.3, -0.25) is 4.98 Å². The van der Waals surface area contributed by atoms with E-state index in [1.807, 2.05) is 50.6 Å². The summed E-state index contributed by atoms with van der Waals surface area (Å²) in [5.74, 6) is 0.300. The molecule has 1 fully saturated rings. The standard InChI is InChI=1S/C27H28ClFN6O2/c1-17-14-33(8-9-34(17)26(36)37-27(2,3)4)24-23-22(18-6-5-7-30-13-18)15-35(25(23)32-16-31-24)21-11-19(28)10-20(29)12-21/h5-7,10-13,15-17H,8-9,14H2,1-4H3/t17-/m1/s1. The average molecular weight is 523 g/mol. The van der Waals surface area contributed by atoms with Gasteiger partial charge in [0.05, 0.1) is 11.1 Å². The Labute approximate surface area is 219 Å². The minimum atomic E-state index is -0.561. The van der Waals surface area contributed by atoms with E-state index < -0.39 is 11.4 Å². The molecule has 1 aliphatic rings. The Morgan fingerprint density at radius 2 is 2.00 bits per heavy atom. The maximum absolute atomic E-state index is 14.3. The molecule has 0 N–H and O–H groups in total. The van der Waals surface area contributed by atoms with Crippen molar-refractivity contribution in [2.45, 2.75) is 39.3 Å². The van der Waals surface area contributed by atoms with Crippen LogP contribution in [0, 0.1) is 5.82 Å². The molecule has 192 valence electrons. The number of carbonyl (C=O) groups is 1. The summed E-state index contributed by atoms with van der Waals surface area (Å²) in [5.41, 5.74) is 2.35. The summed E-state index contributed by atoms with van der Waals surface area (Å²) in [4.78, 5) is 30.2. The van der Waals surface area contributed by atoms with Gasteiger partial charge in [-0.2, -0.15) is 0 Å². The lowest BCUT2D eigenvalue weighted by Gasteiger charge is -2.40. The van der Waals surface area contributed by atoms with Gasteiger partial charge in [-0.25, -0.2) is 19.2 Å². The summed E-state index contributed by atoms with van der Waals surface area (Å²) in [6.45, 7) is 9.20. The molecule has 1 atom stereocenters.